The van der Waals surface area contributed by atoms with Crippen LogP contribution in [0.15, 0.2) is 30.5 Å². The van der Waals surface area contributed by atoms with Crippen LogP contribution in [0, 0.1) is 6.92 Å². The van der Waals surface area contributed by atoms with Crippen molar-refractivity contribution in [1.29, 1.82) is 0 Å². The van der Waals surface area contributed by atoms with Gasteiger partial charge in [0.1, 0.15) is 0 Å². The topological polar surface area (TPSA) is 50.2 Å². The number of nitrogens with one attached hydrogen (secondary N) is 1. The van der Waals surface area contributed by atoms with Gasteiger partial charge in [0.25, 0.3) is 0 Å². The summed E-state index contributed by atoms with van der Waals surface area (Å²) in [6, 6.07) is 8.38. The lowest BCUT2D eigenvalue weighted by Gasteiger charge is -2.31. The fraction of sp³-hybridized carbons (Fsp3) is 0.474. The molecule has 0 bridgehead atoms. The standard InChI is InChI=1S/C19H24N4O/c1-13-15(12-20-22(13)2)17-8-5-11-23(17)18-10-9-14-6-3-4-7-16(14)21-19(18)24/h3-4,6-7,12,17-18H,5,8-11H2,1-2H3,(H,21,24). The first-order valence-corrected chi connectivity index (χ1v) is 8.78. The van der Waals surface area contributed by atoms with Crippen LogP contribution in [0.25, 0.3) is 0 Å². The van der Waals surface area contributed by atoms with Gasteiger partial charge in [0, 0.05) is 30.0 Å². The van der Waals surface area contributed by atoms with E-state index in [1.54, 1.807) is 0 Å². The summed E-state index contributed by atoms with van der Waals surface area (Å²) in [7, 11) is 1.98. The Morgan fingerprint density at radius 2 is 2.04 bits per heavy atom. The Morgan fingerprint density at radius 3 is 2.83 bits per heavy atom. The van der Waals surface area contributed by atoms with Gasteiger partial charge >= 0.3 is 0 Å². The highest BCUT2D eigenvalue weighted by molar-refractivity contribution is 5.96. The molecule has 2 aliphatic rings. The molecule has 1 aromatic carbocycles. The summed E-state index contributed by atoms with van der Waals surface area (Å²) < 4.78 is 1.93. The number of benzene rings is 1. The summed E-state index contributed by atoms with van der Waals surface area (Å²) in [5.41, 5.74) is 4.67. The zero-order chi connectivity index (χ0) is 16.7. The first-order valence-electron chi connectivity index (χ1n) is 8.78. The zero-order valence-electron chi connectivity index (χ0n) is 14.3. The molecule has 1 fully saturated rings. The fourth-order valence-corrected chi connectivity index (χ4v) is 4.15. The lowest BCUT2D eigenvalue weighted by Crippen LogP contribution is -2.43. The lowest BCUT2D eigenvalue weighted by atomic mass is 10.0. The lowest BCUT2D eigenvalue weighted by molar-refractivity contribution is -0.121. The third kappa shape index (κ3) is 2.53. The summed E-state index contributed by atoms with van der Waals surface area (Å²) in [6.45, 7) is 3.09. The van der Waals surface area contributed by atoms with Crippen molar-refractivity contribution in [1.82, 2.24) is 14.7 Å². The minimum Gasteiger partial charge on any atom is -0.324 e. The van der Waals surface area contributed by atoms with E-state index in [1.807, 2.05) is 36.1 Å². The molecule has 2 aliphatic heterocycles. The number of rotatable bonds is 2. The second-order valence-electron chi connectivity index (χ2n) is 6.91. The molecule has 2 unspecified atom stereocenters. The van der Waals surface area contributed by atoms with Crippen molar-refractivity contribution in [2.75, 3.05) is 11.9 Å². The molecule has 0 aliphatic carbocycles. The number of fused-ring (bicyclic) bond motifs is 1. The Bertz CT molecular complexity index is 766. The number of para-hydroxylation sites is 1. The second kappa shape index (κ2) is 6.06. The number of anilines is 1. The van der Waals surface area contributed by atoms with E-state index in [0.29, 0.717) is 6.04 Å². The van der Waals surface area contributed by atoms with Crippen LogP contribution in [0.5, 0.6) is 0 Å². The average Bonchev–Trinajstić information content (AvgIpc) is 3.12. The SMILES string of the molecule is Cc1c(C2CCCN2C2CCc3ccccc3NC2=O)cnn1C. The van der Waals surface area contributed by atoms with Crippen molar-refractivity contribution in [3.8, 4) is 0 Å². The summed E-state index contributed by atoms with van der Waals surface area (Å²) in [5.74, 6) is 0.133. The quantitative estimate of drug-likeness (QED) is 0.924. The molecular weight excluding hydrogens is 300 g/mol. The third-order valence-corrected chi connectivity index (χ3v) is 5.59. The first kappa shape index (κ1) is 15.4. The fourth-order valence-electron chi connectivity index (χ4n) is 4.15. The van der Waals surface area contributed by atoms with Crippen LogP contribution < -0.4 is 5.32 Å². The highest BCUT2D eigenvalue weighted by Gasteiger charge is 2.37. The zero-order valence-corrected chi connectivity index (χ0v) is 14.3. The van der Waals surface area contributed by atoms with Crippen molar-refractivity contribution in [2.45, 2.75) is 44.7 Å². The summed E-state index contributed by atoms with van der Waals surface area (Å²) in [5, 5.41) is 7.54. The number of aryl methyl sites for hydroxylation is 2. The minimum atomic E-state index is -0.0653. The molecule has 1 N–H and O–H groups in total. The minimum absolute atomic E-state index is 0.0653. The number of aromatic nitrogens is 2. The van der Waals surface area contributed by atoms with Gasteiger partial charge in [0.05, 0.1) is 12.2 Å². The van der Waals surface area contributed by atoms with Crippen molar-refractivity contribution < 1.29 is 4.79 Å². The highest BCUT2D eigenvalue weighted by Crippen LogP contribution is 2.37. The predicted octanol–water partition coefficient (Wildman–Crippen LogP) is 2.82. The Labute approximate surface area is 142 Å². The molecule has 24 heavy (non-hydrogen) atoms. The summed E-state index contributed by atoms with van der Waals surface area (Å²) in [6.07, 6.45) is 6.02. The Kier molecular flexibility index (Phi) is 3.88. The number of likely N-dealkylation sites (tertiary alicyclic amines) is 1. The van der Waals surface area contributed by atoms with Gasteiger partial charge in [-0.3, -0.25) is 14.4 Å². The molecule has 1 saturated heterocycles. The van der Waals surface area contributed by atoms with Gasteiger partial charge in [0.15, 0.2) is 0 Å². The Morgan fingerprint density at radius 1 is 1.21 bits per heavy atom. The number of amides is 1. The van der Waals surface area contributed by atoms with E-state index in [0.717, 1.165) is 37.9 Å². The van der Waals surface area contributed by atoms with Gasteiger partial charge in [-0.25, -0.2) is 0 Å². The molecule has 0 saturated carbocycles. The smallest absolute Gasteiger partial charge is 0.241 e. The summed E-state index contributed by atoms with van der Waals surface area (Å²) in [4.78, 5) is 15.3. The predicted molar refractivity (Wildman–Crippen MR) is 93.8 cm³/mol. The summed E-state index contributed by atoms with van der Waals surface area (Å²) >= 11 is 0. The average molecular weight is 324 g/mol. The van der Waals surface area contributed by atoms with Crippen LogP contribution in [0.4, 0.5) is 5.69 Å². The maximum atomic E-state index is 12.9. The van der Waals surface area contributed by atoms with E-state index < -0.39 is 0 Å². The Hall–Kier alpha value is -2.14. The molecule has 2 atom stereocenters. The number of carbonyl (C=O) groups is 1. The van der Waals surface area contributed by atoms with E-state index >= 15 is 0 Å². The van der Waals surface area contributed by atoms with Gasteiger partial charge in [0.2, 0.25) is 5.91 Å². The monoisotopic (exact) mass is 324 g/mol. The maximum absolute atomic E-state index is 12.9. The molecule has 3 heterocycles. The molecule has 1 aromatic heterocycles. The number of hydrogen-bond donors (Lipinski definition) is 1. The molecule has 4 rings (SSSR count). The maximum Gasteiger partial charge on any atom is 0.241 e. The number of nitrogens with zero attached hydrogens (tertiary/aromatic N) is 3. The van der Waals surface area contributed by atoms with Gasteiger partial charge in [-0.1, -0.05) is 18.2 Å². The van der Waals surface area contributed by atoms with Crippen LogP contribution >= 0.6 is 0 Å². The van der Waals surface area contributed by atoms with Crippen LogP contribution in [0.2, 0.25) is 0 Å². The van der Waals surface area contributed by atoms with E-state index in [1.165, 1.54) is 16.8 Å². The normalized spacial score (nSPS) is 24.5. The molecule has 2 aromatic rings. The third-order valence-electron chi connectivity index (χ3n) is 5.59. The van der Waals surface area contributed by atoms with Gasteiger partial charge in [-0.15, -0.1) is 0 Å². The van der Waals surface area contributed by atoms with Crippen molar-refractivity contribution in [3.05, 3.63) is 47.3 Å². The second-order valence-corrected chi connectivity index (χ2v) is 6.91. The van der Waals surface area contributed by atoms with E-state index in [9.17, 15) is 4.79 Å². The first-order chi connectivity index (χ1) is 11.6. The van der Waals surface area contributed by atoms with Gasteiger partial charge < -0.3 is 5.32 Å². The molecule has 0 spiro atoms. The van der Waals surface area contributed by atoms with Gasteiger partial charge in [-0.05, 0) is 50.8 Å². The molecule has 5 nitrogen and oxygen atoms in total. The van der Waals surface area contributed by atoms with E-state index in [4.69, 9.17) is 0 Å². The molecule has 1 amide bonds. The van der Waals surface area contributed by atoms with Crippen LogP contribution in [-0.2, 0) is 18.3 Å². The van der Waals surface area contributed by atoms with E-state index in [2.05, 4.69) is 28.3 Å². The van der Waals surface area contributed by atoms with Crippen molar-refractivity contribution in [2.24, 2.45) is 7.05 Å². The van der Waals surface area contributed by atoms with Crippen molar-refractivity contribution >= 4 is 11.6 Å². The van der Waals surface area contributed by atoms with Crippen LogP contribution in [-0.4, -0.2) is 33.2 Å². The molecule has 126 valence electrons. The molecule has 0 radical (unpaired) electrons. The molecular formula is C19H24N4O. The molecule has 5 heteroatoms. The van der Waals surface area contributed by atoms with E-state index in [-0.39, 0.29) is 11.9 Å². The van der Waals surface area contributed by atoms with Crippen LogP contribution in [0.1, 0.15) is 42.1 Å². The van der Waals surface area contributed by atoms with Gasteiger partial charge in [-0.2, -0.15) is 5.10 Å². The highest BCUT2D eigenvalue weighted by atomic mass is 16.2. The Balaban J connectivity index is 1.61. The number of carbonyl (C=O) groups excluding carboxylic acids is 1. The number of hydrogen-bond acceptors (Lipinski definition) is 3. The largest absolute Gasteiger partial charge is 0.324 e. The van der Waals surface area contributed by atoms with Crippen molar-refractivity contribution in [3.63, 3.8) is 0 Å². The van der Waals surface area contributed by atoms with Crippen LogP contribution in [0.3, 0.4) is 0 Å².